The summed E-state index contributed by atoms with van der Waals surface area (Å²) >= 11 is 0. The van der Waals surface area contributed by atoms with Crippen molar-refractivity contribution in [2.75, 3.05) is 4.90 Å². The van der Waals surface area contributed by atoms with Crippen molar-refractivity contribution in [3.63, 3.8) is 0 Å². The van der Waals surface area contributed by atoms with Gasteiger partial charge in [0, 0.05) is 0 Å². The van der Waals surface area contributed by atoms with E-state index in [0.717, 1.165) is 10.5 Å². The molecule has 2 heterocycles. The summed E-state index contributed by atoms with van der Waals surface area (Å²) in [5, 5.41) is 3.97. The van der Waals surface area contributed by atoms with Crippen LogP contribution in [0.25, 0.3) is 11.1 Å². The molecule has 4 rings (SSSR count). The first-order valence-electron chi connectivity index (χ1n) is 7.18. The van der Waals surface area contributed by atoms with E-state index in [1.54, 1.807) is 31.2 Å². The molecule has 0 unspecified atom stereocenters. The Balaban J connectivity index is 1.88. The van der Waals surface area contributed by atoms with Crippen molar-refractivity contribution in [1.29, 1.82) is 0 Å². The minimum atomic E-state index is -0.379. The zero-order chi connectivity index (χ0) is 16.0. The lowest BCUT2D eigenvalue weighted by atomic mass is 10.1. The molecule has 2 amide bonds. The smallest absolute Gasteiger partial charge is 0.267 e. The Labute approximate surface area is 132 Å². The van der Waals surface area contributed by atoms with Gasteiger partial charge in [0.1, 0.15) is 5.76 Å². The van der Waals surface area contributed by atoms with E-state index in [0.29, 0.717) is 22.5 Å². The Morgan fingerprint density at radius 1 is 0.870 bits per heavy atom. The lowest BCUT2D eigenvalue weighted by Gasteiger charge is -2.12. The lowest BCUT2D eigenvalue weighted by Crippen LogP contribution is -2.30. The number of imide groups is 1. The molecule has 0 N–H and O–H groups in total. The third-order valence-corrected chi connectivity index (χ3v) is 3.91. The molecule has 3 aromatic rings. The SMILES string of the molecule is Cc1onc(N2C(=O)c3ccccc3C2=O)c1-c1ccccc1. The van der Waals surface area contributed by atoms with Crippen molar-refractivity contribution < 1.29 is 14.1 Å². The van der Waals surface area contributed by atoms with Crippen molar-refractivity contribution in [2.24, 2.45) is 0 Å². The number of aryl methyl sites for hydroxylation is 1. The second kappa shape index (κ2) is 4.91. The van der Waals surface area contributed by atoms with E-state index in [9.17, 15) is 9.59 Å². The van der Waals surface area contributed by atoms with Crippen molar-refractivity contribution in [3.8, 4) is 11.1 Å². The van der Waals surface area contributed by atoms with Crippen LogP contribution in [-0.2, 0) is 0 Å². The van der Waals surface area contributed by atoms with Gasteiger partial charge in [0.2, 0.25) is 0 Å². The van der Waals surface area contributed by atoms with Gasteiger partial charge in [0.05, 0.1) is 16.7 Å². The van der Waals surface area contributed by atoms with Gasteiger partial charge in [-0.15, -0.1) is 0 Å². The van der Waals surface area contributed by atoms with E-state index in [4.69, 9.17) is 4.52 Å². The van der Waals surface area contributed by atoms with Crippen molar-refractivity contribution in [1.82, 2.24) is 5.16 Å². The van der Waals surface area contributed by atoms with Crippen LogP contribution in [0.1, 0.15) is 26.5 Å². The average Bonchev–Trinajstić information content (AvgIpc) is 3.07. The van der Waals surface area contributed by atoms with Gasteiger partial charge < -0.3 is 4.52 Å². The number of hydrogen-bond acceptors (Lipinski definition) is 4. The maximum atomic E-state index is 12.6. The number of rotatable bonds is 2. The molecule has 5 nitrogen and oxygen atoms in total. The van der Waals surface area contributed by atoms with Crippen LogP contribution in [0.5, 0.6) is 0 Å². The molecular formula is C18H12N2O3. The number of amides is 2. The van der Waals surface area contributed by atoms with Crippen LogP contribution >= 0.6 is 0 Å². The summed E-state index contributed by atoms with van der Waals surface area (Å²) in [5.41, 5.74) is 2.27. The predicted octanol–water partition coefficient (Wildman–Crippen LogP) is 3.45. The average molecular weight is 304 g/mol. The van der Waals surface area contributed by atoms with E-state index in [1.165, 1.54) is 0 Å². The van der Waals surface area contributed by atoms with Crippen LogP contribution in [0, 0.1) is 6.92 Å². The summed E-state index contributed by atoms with van der Waals surface area (Å²) in [6, 6.07) is 16.2. The van der Waals surface area contributed by atoms with E-state index >= 15 is 0 Å². The van der Waals surface area contributed by atoms with E-state index in [2.05, 4.69) is 5.16 Å². The Bertz CT molecular complexity index is 893. The molecule has 23 heavy (non-hydrogen) atoms. The second-order valence-electron chi connectivity index (χ2n) is 5.29. The molecule has 0 fully saturated rings. The number of aromatic nitrogens is 1. The Kier molecular flexibility index (Phi) is 2.87. The van der Waals surface area contributed by atoms with Gasteiger partial charge in [-0.3, -0.25) is 9.59 Å². The van der Waals surface area contributed by atoms with Crippen LogP contribution in [0.3, 0.4) is 0 Å². The first-order valence-corrected chi connectivity index (χ1v) is 7.18. The fraction of sp³-hybridized carbons (Fsp3) is 0.0556. The van der Waals surface area contributed by atoms with Crippen LogP contribution < -0.4 is 4.90 Å². The standard InChI is InChI=1S/C18H12N2O3/c1-11-15(12-7-3-2-4-8-12)16(19-23-11)20-17(21)13-9-5-6-10-14(13)18(20)22/h2-10H,1H3. The summed E-state index contributed by atoms with van der Waals surface area (Å²) in [4.78, 5) is 26.3. The molecule has 1 aromatic heterocycles. The number of benzene rings is 2. The number of carbonyl (C=O) groups is 2. The number of hydrogen-bond donors (Lipinski definition) is 0. The third kappa shape index (κ3) is 1.90. The van der Waals surface area contributed by atoms with E-state index in [1.807, 2.05) is 30.3 Å². The summed E-state index contributed by atoms with van der Waals surface area (Å²) < 4.78 is 5.26. The molecule has 0 atom stereocenters. The lowest BCUT2D eigenvalue weighted by molar-refractivity contribution is 0.0924. The summed E-state index contributed by atoms with van der Waals surface area (Å²) in [5.74, 6) is 0.0369. The van der Waals surface area contributed by atoms with Gasteiger partial charge >= 0.3 is 0 Å². The van der Waals surface area contributed by atoms with Crippen LogP contribution in [0.4, 0.5) is 5.82 Å². The minimum Gasteiger partial charge on any atom is -0.359 e. The predicted molar refractivity (Wildman–Crippen MR) is 84.3 cm³/mol. The first kappa shape index (κ1) is 13.5. The third-order valence-electron chi connectivity index (χ3n) is 3.91. The molecular weight excluding hydrogens is 292 g/mol. The second-order valence-corrected chi connectivity index (χ2v) is 5.29. The fourth-order valence-electron chi connectivity index (χ4n) is 2.83. The van der Waals surface area contributed by atoms with Crippen molar-refractivity contribution in [3.05, 3.63) is 71.5 Å². The summed E-state index contributed by atoms with van der Waals surface area (Å²) in [6.07, 6.45) is 0. The minimum absolute atomic E-state index is 0.236. The quantitative estimate of drug-likeness (QED) is 0.680. The Hall–Kier alpha value is -3.21. The highest BCUT2D eigenvalue weighted by molar-refractivity contribution is 6.34. The Morgan fingerprint density at radius 2 is 1.43 bits per heavy atom. The maximum absolute atomic E-state index is 12.6. The molecule has 0 spiro atoms. The fourth-order valence-corrected chi connectivity index (χ4v) is 2.83. The Morgan fingerprint density at radius 3 is 2.04 bits per heavy atom. The number of carbonyl (C=O) groups excluding carboxylic acids is 2. The summed E-state index contributed by atoms with van der Waals surface area (Å²) in [6.45, 7) is 1.76. The first-order chi connectivity index (χ1) is 11.2. The highest BCUT2D eigenvalue weighted by Crippen LogP contribution is 2.37. The van der Waals surface area contributed by atoms with Gasteiger partial charge in [0.15, 0.2) is 5.82 Å². The van der Waals surface area contributed by atoms with Gasteiger partial charge in [-0.1, -0.05) is 47.6 Å². The summed E-state index contributed by atoms with van der Waals surface area (Å²) in [7, 11) is 0. The van der Waals surface area contributed by atoms with Crippen LogP contribution in [-0.4, -0.2) is 17.0 Å². The molecule has 0 saturated carbocycles. The number of nitrogens with zero attached hydrogens (tertiary/aromatic N) is 2. The molecule has 0 bridgehead atoms. The molecule has 2 aromatic carbocycles. The zero-order valence-electron chi connectivity index (χ0n) is 12.3. The molecule has 0 radical (unpaired) electrons. The molecule has 112 valence electrons. The normalized spacial score (nSPS) is 13.5. The van der Waals surface area contributed by atoms with E-state index < -0.39 is 0 Å². The van der Waals surface area contributed by atoms with Crippen molar-refractivity contribution in [2.45, 2.75) is 6.92 Å². The topological polar surface area (TPSA) is 63.4 Å². The van der Waals surface area contributed by atoms with E-state index in [-0.39, 0.29) is 17.6 Å². The molecule has 1 aliphatic rings. The largest absolute Gasteiger partial charge is 0.359 e. The zero-order valence-corrected chi connectivity index (χ0v) is 12.3. The molecule has 1 aliphatic heterocycles. The van der Waals surface area contributed by atoms with Crippen LogP contribution in [0.2, 0.25) is 0 Å². The number of fused-ring (bicyclic) bond motifs is 1. The van der Waals surface area contributed by atoms with Gasteiger partial charge in [-0.2, -0.15) is 0 Å². The highest BCUT2D eigenvalue weighted by Gasteiger charge is 2.39. The van der Waals surface area contributed by atoms with Gasteiger partial charge in [-0.25, -0.2) is 4.90 Å². The molecule has 0 aliphatic carbocycles. The number of anilines is 1. The highest BCUT2D eigenvalue weighted by atomic mass is 16.5. The molecule has 5 heteroatoms. The maximum Gasteiger partial charge on any atom is 0.267 e. The van der Waals surface area contributed by atoms with Gasteiger partial charge in [-0.05, 0) is 24.6 Å². The molecule has 0 saturated heterocycles. The van der Waals surface area contributed by atoms with Crippen LogP contribution in [0.15, 0.2) is 59.1 Å². The van der Waals surface area contributed by atoms with Crippen molar-refractivity contribution >= 4 is 17.6 Å². The van der Waals surface area contributed by atoms with Gasteiger partial charge in [0.25, 0.3) is 11.8 Å². The monoisotopic (exact) mass is 304 g/mol.